The molecule has 0 aromatic carbocycles. The molecule has 2 N–H and O–H groups in total. The maximum absolute atomic E-state index is 5.91. The van der Waals surface area contributed by atoms with Gasteiger partial charge in [-0.05, 0) is 50.0 Å². The quantitative estimate of drug-likeness (QED) is 0.823. The zero-order valence-electron chi connectivity index (χ0n) is 11.5. The van der Waals surface area contributed by atoms with Crippen molar-refractivity contribution in [1.82, 2.24) is 9.88 Å². The molecular weight excluding hydrogens is 210 g/mol. The molecule has 96 valence electrons. The molecule has 0 saturated carbocycles. The van der Waals surface area contributed by atoms with Gasteiger partial charge in [0.15, 0.2) is 0 Å². The lowest BCUT2D eigenvalue weighted by Gasteiger charge is -2.28. The Morgan fingerprint density at radius 3 is 2.65 bits per heavy atom. The number of aromatic nitrogens is 1. The van der Waals surface area contributed by atoms with Crippen LogP contribution in [0, 0.1) is 12.8 Å². The minimum Gasteiger partial charge on any atom is -0.329 e. The Labute approximate surface area is 105 Å². The Morgan fingerprint density at radius 2 is 2.12 bits per heavy atom. The molecule has 1 rings (SSSR count). The highest BCUT2D eigenvalue weighted by atomic mass is 15.1. The summed E-state index contributed by atoms with van der Waals surface area (Å²) in [6, 6.07) is 2.33. The first-order valence-electron chi connectivity index (χ1n) is 6.37. The summed E-state index contributed by atoms with van der Waals surface area (Å²) >= 11 is 0. The average molecular weight is 235 g/mol. The lowest BCUT2D eigenvalue weighted by atomic mass is 10.0. The van der Waals surface area contributed by atoms with Crippen LogP contribution in [0.5, 0.6) is 0 Å². The average Bonchev–Trinajstić information content (AvgIpc) is 2.30. The summed E-state index contributed by atoms with van der Waals surface area (Å²) in [5.41, 5.74) is 8.43. The minimum absolute atomic E-state index is 0.280. The Kier molecular flexibility index (Phi) is 5.59. The van der Waals surface area contributed by atoms with Crippen molar-refractivity contribution in [2.24, 2.45) is 11.7 Å². The number of pyridine rings is 1. The number of likely N-dealkylation sites (N-methyl/N-ethyl adjacent to an activating group) is 1. The molecule has 3 heteroatoms. The molecule has 0 aliphatic heterocycles. The van der Waals surface area contributed by atoms with Crippen LogP contribution >= 0.6 is 0 Å². The highest BCUT2D eigenvalue weighted by Gasteiger charge is 2.17. The van der Waals surface area contributed by atoms with E-state index in [2.05, 4.69) is 37.7 Å². The molecule has 1 heterocycles. The monoisotopic (exact) mass is 235 g/mol. The molecule has 1 atom stereocenters. The van der Waals surface area contributed by atoms with Crippen molar-refractivity contribution in [2.75, 3.05) is 20.1 Å². The van der Waals surface area contributed by atoms with Crippen LogP contribution in [-0.2, 0) is 0 Å². The molecule has 0 radical (unpaired) electrons. The molecule has 0 aliphatic rings. The van der Waals surface area contributed by atoms with Gasteiger partial charge in [-0.15, -0.1) is 0 Å². The molecule has 17 heavy (non-hydrogen) atoms. The molecule has 0 spiro atoms. The predicted molar refractivity (Wildman–Crippen MR) is 72.9 cm³/mol. The number of rotatable bonds is 6. The second kappa shape index (κ2) is 6.72. The Hall–Kier alpha value is -0.930. The van der Waals surface area contributed by atoms with Crippen LogP contribution in [0.3, 0.4) is 0 Å². The maximum atomic E-state index is 5.91. The fourth-order valence-corrected chi connectivity index (χ4v) is 1.99. The lowest BCUT2D eigenvalue weighted by Crippen LogP contribution is -2.32. The summed E-state index contributed by atoms with van der Waals surface area (Å²) in [4.78, 5) is 6.55. The number of hydrogen-bond acceptors (Lipinski definition) is 3. The fraction of sp³-hybridized carbons (Fsp3) is 0.643. The van der Waals surface area contributed by atoms with Gasteiger partial charge in [0.1, 0.15) is 0 Å². The van der Waals surface area contributed by atoms with Crippen molar-refractivity contribution >= 4 is 0 Å². The van der Waals surface area contributed by atoms with E-state index in [1.807, 2.05) is 18.5 Å². The van der Waals surface area contributed by atoms with E-state index in [1.165, 1.54) is 17.5 Å². The predicted octanol–water partition coefficient (Wildman–Crippen LogP) is 2.37. The van der Waals surface area contributed by atoms with Crippen molar-refractivity contribution in [3.05, 3.63) is 29.6 Å². The van der Waals surface area contributed by atoms with Crippen LogP contribution in [0.1, 0.15) is 37.4 Å². The van der Waals surface area contributed by atoms with Crippen LogP contribution in [0.4, 0.5) is 0 Å². The van der Waals surface area contributed by atoms with E-state index in [4.69, 9.17) is 5.73 Å². The second-order valence-electron chi connectivity index (χ2n) is 5.15. The molecule has 0 bridgehead atoms. The minimum atomic E-state index is 0.280. The first-order valence-corrected chi connectivity index (χ1v) is 6.37. The lowest BCUT2D eigenvalue weighted by molar-refractivity contribution is 0.235. The van der Waals surface area contributed by atoms with Crippen LogP contribution in [0.15, 0.2) is 18.5 Å². The van der Waals surface area contributed by atoms with E-state index in [0.717, 1.165) is 12.5 Å². The van der Waals surface area contributed by atoms with Gasteiger partial charge in [0, 0.05) is 25.0 Å². The Morgan fingerprint density at radius 1 is 1.41 bits per heavy atom. The molecule has 0 saturated heterocycles. The van der Waals surface area contributed by atoms with Crippen LogP contribution in [0.2, 0.25) is 0 Å². The van der Waals surface area contributed by atoms with Crippen LogP contribution < -0.4 is 5.73 Å². The highest BCUT2D eigenvalue weighted by molar-refractivity contribution is 5.25. The number of hydrogen-bond donors (Lipinski definition) is 1. The van der Waals surface area contributed by atoms with Crippen molar-refractivity contribution in [2.45, 2.75) is 33.2 Å². The second-order valence-corrected chi connectivity index (χ2v) is 5.15. The van der Waals surface area contributed by atoms with Gasteiger partial charge in [0.2, 0.25) is 0 Å². The van der Waals surface area contributed by atoms with Gasteiger partial charge in [-0.2, -0.15) is 0 Å². The summed E-state index contributed by atoms with van der Waals surface area (Å²) in [7, 11) is 2.15. The third kappa shape index (κ3) is 4.10. The van der Waals surface area contributed by atoms with E-state index >= 15 is 0 Å². The highest BCUT2D eigenvalue weighted by Crippen LogP contribution is 2.21. The van der Waals surface area contributed by atoms with Crippen LogP contribution in [0.25, 0.3) is 0 Å². The molecule has 0 fully saturated rings. The standard InChI is InChI=1S/C14H25N3/c1-11(2)6-8-17(4)14(9-15)13-10-16-7-5-12(13)3/h5,7,10-11,14H,6,8-9,15H2,1-4H3. The zero-order chi connectivity index (χ0) is 12.8. The molecule has 0 amide bonds. The van der Waals surface area contributed by atoms with Crippen molar-refractivity contribution in [3.8, 4) is 0 Å². The van der Waals surface area contributed by atoms with Gasteiger partial charge in [0.25, 0.3) is 0 Å². The molecule has 1 aromatic rings. The van der Waals surface area contributed by atoms with E-state index in [0.29, 0.717) is 6.54 Å². The smallest absolute Gasteiger partial charge is 0.0485 e. The van der Waals surface area contributed by atoms with Gasteiger partial charge in [-0.25, -0.2) is 0 Å². The van der Waals surface area contributed by atoms with Crippen LogP contribution in [-0.4, -0.2) is 30.0 Å². The van der Waals surface area contributed by atoms with Gasteiger partial charge >= 0.3 is 0 Å². The molecule has 0 aliphatic carbocycles. The fourth-order valence-electron chi connectivity index (χ4n) is 1.99. The van der Waals surface area contributed by atoms with Gasteiger partial charge < -0.3 is 5.73 Å². The van der Waals surface area contributed by atoms with Crippen molar-refractivity contribution in [3.63, 3.8) is 0 Å². The van der Waals surface area contributed by atoms with Gasteiger partial charge in [0.05, 0.1) is 0 Å². The Bertz CT molecular complexity index is 336. The third-order valence-electron chi connectivity index (χ3n) is 3.25. The normalized spacial score (nSPS) is 13.4. The third-order valence-corrected chi connectivity index (χ3v) is 3.25. The van der Waals surface area contributed by atoms with Gasteiger partial charge in [-0.1, -0.05) is 13.8 Å². The van der Waals surface area contributed by atoms with Gasteiger partial charge in [-0.3, -0.25) is 9.88 Å². The summed E-state index contributed by atoms with van der Waals surface area (Å²) in [6.07, 6.45) is 4.98. The largest absolute Gasteiger partial charge is 0.329 e. The van der Waals surface area contributed by atoms with E-state index in [-0.39, 0.29) is 6.04 Å². The summed E-state index contributed by atoms with van der Waals surface area (Å²) in [5.74, 6) is 0.728. The van der Waals surface area contributed by atoms with E-state index < -0.39 is 0 Å². The molecule has 3 nitrogen and oxygen atoms in total. The van der Waals surface area contributed by atoms with Crippen molar-refractivity contribution < 1.29 is 0 Å². The summed E-state index contributed by atoms with van der Waals surface area (Å²) < 4.78 is 0. The number of aryl methyl sites for hydroxylation is 1. The maximum Gasteiger partial charge on any atom is 0.0485 e. The number of nitrogens with zero attached hydrogens (tertiary/aromatic N) is 2. The van der Waals surface area contributed by atoms with E-state index in [1.54, 1.807) is 0 Å². The number of nitrogens with two attached hydrogens (primary N) is 1. The SMILES string of the molecule is Cc1ccncc1C(CN)N(C)CCC(C)C. The van der Waals surface area contributed by atoms with E-state index in [9.17, 15) is 0 Å². The Balaban J connectivity index is 2.74. The summed E-state index contributed by atoms with van der Waals surface area (Å²) in [6.45, 7) is 8.34. The molecule has 1 unspecified atom stereocenters. The first kappa shape index (κ1) is 14.1. The zero-order valence-corrected chi connectivity index (χ0v) is 11.5. The first-order chi connectivity index (χ1) is 8.06. The topological polar surface area (TPSA) is 42.1 Å². The molecule has 1 aromatic heterocycles. The molecular formula is C14H25N3. The summed E-state index contributed by atoms with van der Waals surface area (Å²) in [5, 5.41) is 0. The van der Waals surface area contributed by atoms with Crippen molar-refractivity contribution in [1.29, 1.82) is 0 Å².